The second-order valence-electron chi connectivity index (χ2n) is 2.26. The SMILES string of the molecule is O=C(O)C#CC1CCNC1. The second-order valence-corrected chi connectivity index (χ2v) is 2.26. The van der Waals surface area contributed by atoms with E-state index in [1.165, 1.54) is 0 Å². The van der Waals surface area contributed by atoms with Crippen LogP contribution in [0.1, 0.15) is 6.42 Å². The molecule has 0 aromatic heterocycles. The van der Waals surface area contributed by atoms with Gasteiger partial charge in [0, 0.05) is 18.4 Å². The molecule has 0 bridgehead atoms. The first-order valence-electron chi connectivity index (χ1n) is 3.24. The van der Waals surface area contributed by atoms with Crippen molar-refractivity contribution in [3.8, 4) is 11.8 Å². The van der Waals surface area contributed by atoms with E-state index in [-0.39, 0.29) is 5.92 Å². The zero-order chi connectivity index (χ0) is 7.40. The molecule has 0 spiro atoms. The van der Waals surface area contributed by atoms with Crippen molar-refractivity contribution in [3.63, 3.8) is 0 Å². The summed E-state index contributed by atoms with van der Waals surface area (Å²) in [6, 6.07) is 0. The second kappa shape index (κ2) is 3.23. The van der Waals surface area contributed by atoms with Crippen LogP contribution in [0, 0.1) is 17.8 Å². The highest BCUT2D eigenvalue weighted by atomic mass is 16.4. The van der Waals surface area contributed by atoms with E-state index in [9.17, 15) is 4.79 Å². The van der Waals surface area contributed by atoms with Crippen LogP contribution in [0.4, 0.5) is 0 Å². The highest BCUT2D eigenvalue weighted by molar-refractivity contribution is 5.86. The fourth-order valence-corrected chi connectivity index (χ4v) is 0.942. The van der Waals surface area contributed by atoms with Gasteiger partial charge in [0.05, 0.1) is 0 Å². The van der Waals surface area contributed by atoms with Crippen molar-refractivity contribution in [2.45, 2.75) is 6.42 Å². The molecule has 0 aliphatic carbocycles. The minimum atomic E-state index is -1.04. The van der Waals surface area contributed by atoms with Crippen molar-refractivity contribution in [2.24, 2.45) is 5.92 Å². The number of carboxylic acid groups (broad SMARTS) is 1. The van der Waals surface area contributed by atoms with Crippen molar-refractivity contribution < 1.29 is 9.90 Å². The van der Waals surface area contributed by atoms with Crippen LogP contribution in [0.2, 0.25) is 0 Å². The summed E-state index contributed by atoms with van der Waals surface area (Å²) in [7, 11) is 0. The molecule has 1 heterocycles. The summed E-state index contributed by atoms with van der Waals surface area (Å²) >= 11 is 0. The number of hydrogen-bond acceptors (Lipinski definition) is 2. The zero-order valence-electron chi connectivity index (χ0n) is 5.55. The van der Waals surface area contributed by atoms with Gasteiger partial charge in [-0.2, -0.15) is 0 Å². The molecule has 2 N–H and O–H groups in total. The van der Waals surface area contributed by atoms with Crippen LogP contribution in [0.25, 0.3) is 0 Å². The number of rotatable bonds is 0. The Labute approximate surface area is 59.4 Å². The molecule has 1 aliphatic rings. The number of hydrogen-bond donors (Lipinski definition) is 2. The third-order valence-electron chi connectivity index (χ3n) is 1.44. The van der Waals surface area contributed by atoms with E-state index < -0.39 is 5.97 Å². The monoisotopic (exact) mass is 139 g/mol. The van der Waals surface area contributed by atoms with Gasteiger partial charge in [-0.15, -0.1) is 0 Å². The average Bonchev–Trinajstić information content (AvgIpc) is 2.34. The van der Waals surface area contributed by atoms with Gasteiger partial charge in [0.1, 0.15) is 0 Å². The van der Waals surface area contributed by atoms with Gasteiger partial charge in [0.25, 0.3) is 0 Å². The lowest BCUT2D eigenvalue weighted by atomic mass is 10.1. The molecule has 3 nitrogen and oxygen atoms in total. The molecule has 0 radical (unpaired) electrons. The molecule has 0 amide bonds. The van der Waals surface area contributed by atoms with E-state index in [2.05, 4.69) is 17.2 Å². The Morgan fingerprint density at radius 2 is 2.50 bits per heavy atom. The van der Waals surface area contributed by atoms with Crippen LogP contribution >= 0.6 is 0 Å². The zero-order valence-corrected chi connectivity index (χ0v) is 5.55. The summed E-state index contributed by atoms with van der Waals surface area (Å²) in [6.45, 7) is 1.79. The van der Waals surface area contributed by atoms with E-state index in [1.807, 2.05) is 0 Å². The van der Waals surface area contributed by atoms with E-state index in [4.69, 9.17) is 5.11 Å². The molecular weight excluding hydrogens is 130 g/mol. The molecule has 3 heteroatoms. The third-order valence-corrected chi connectivity index (χ3v) is 1.44. The van der Waals surface area contributed by atoms with Gasteiger partial charge < -0.3 is 10.4 Å². The number of carboxylic acids is 1. The molecule has 0 aromatic carbocycles. The molecule has 1 atom stereocenters. The average molecular weight is 139 g/mol. The molecule has 0 aromatic rings. The summed E-state index contributed by atoms with van der Waals surface area (Å²) in [5.74, 6) is 3.99. The van der Waals surface area contributed by atoms with Gasteiger partial charge in [-0.3, -0.25) is 0 Å². The Morgan fingerprint density at radius 1 is 1.70 bits per heavy atom. The van der Waals surface area contributed by atoms with E-state index in [1.54, 1.807) is 0 Å². The van der Waals surface area contributed by atoms with Crippen LogP contribution in [0.15, 0.2) is 0 Å². The first-order valence-corrected chi connectivity index (χ1v) is 3.24. The summed E-state index contributed by atoms with van der Waals surface area (Å²) in [5, 5.41) is 11.3. The first kappa shape index (κ1) is 7.10. The predicted octanol–water partition coefficient (Wildman–Crippen LogP) is -0.316. The van der Waals surface area contributed by atoms with Gasteiger partial charge in [-0.05, 0) is 13.0 Å². The first-order chi connectivity index (χ1) is 4.79. The summed E-state index contributed by atoms with van der Waals surface area (Å²) < 4.78 is 0. The van der Waals surface area contributed by atoms with Crippen LogP contribution < -0.4 is 5.32 Å². The highest BCUT2D eigenvalue weighted by Gasteiger charge is 2.10. The Morgan fingerprint density at radius 3 is 3.00 bits per heavy atom. The maximum atomic E-state index is 9.96. The predicted molar refractivity (Wildman–Crippen MR) is 36.4 cm³/mol. The standard InChI is InChI=1S/C7H9NO2/c9-7(10)2-1-6-3-4-8-5-6/h6,8H,3-5H2,(H,9,10). The smallest absolute Gasteiger partial charge is 0.381 e. The summed E-state index contributed by atoms with van der Waals surface area (Å²) in [6.07, 6.45) is 0.972. The molecule has 10 heavy (non-hydrogen) atoms. The van der Waals surface area contributed by atoms with Crippen LogP contribution in [-0.4, -0.2) is 24.2 Å². The van der Waals surface area contributed by atoms with E-state index in [0.29, 0.717) is 0 Å². The molecule has 1 fully saturated rings. The Hall–Kier alpha value is -1.01. The summed E-state index contributed by atoms with van der Waals surface area (Å²) in [4.78, 5) is 9.96. The van der Waals surface area contributed by atoms with E-state index >= 15 is 0 Å². The summed E-state index contributed by atoms with van der Waals surface area (Å²) in [5.41, 5.74) is 0. The number of aliphatic carboxylic acids is 1. The lowest BCUT2D eigenvalue weighted by Gasteiger charge is -1.92. The Bertz CT molecular complexity index is 184. The normalized spacial score (nSPS) is 23.4. The highest BCUT2D eigenvalue weighted by Crippen LogP contribution is 2.04. The Kier molecular flexibility index (Phi) is 2.30. The van der Waals surface area contributed by atoms with Gasteiger partial charge in [0.2, 0.25) is 0 Å². The lowest BCUT2D eigenvalue weighted by molar-refractivity contribution is -0.130. The van der Waals surface area contributed by atoms with Crippen LogP contribution in [0.3, 0.4) is 0 Å². The Balaban J connectivity index is 2.38. The van der Waals surface area contributed by atoms with Crippen molar-refractivity contribution >= 4 is 5.97 Å². The molecule has 54 valence electrons. The minimum absolute atomic E-state index is 0.246. The quantitative estimate of drug-likeness (QED) is 0.452. The molecule has 1 aliphatic heterocycles. The topological polar surface area (TPSA) is 49.3 Å². The molecule has 1 saturated heterocycles. The van der Waals surface area contributed by atoms with Crippen molar-refractivity contribution in [3.05, 3.63) is 0 Å². The van der Waals surface area contributed by atoms with Gasteiger partial charge in [0.15, 0.2) is 0 Å². The lowest BCUT2D eigenvalue weighted by Crippen LogP contribution is -2.07. The fourth-order valence-electron chi connectivity index (χ4n) is 0.942. The molecule has 0 saturated carbocycles. The van der Waals surface area contributed by atoms with Crippen molar-refractivity contribution in [2.75, 3.05) is 13.1 Å². The van der Waals surface area contributed by atoms with Crippen LogP contribution in [-0.2, 0) is 4.79 Å². The minimum Gasteiger partial charge on any atom is -0.472 e. The maximum Gasteiger partial charge on any atom is 0.381 e. The van der Waals surface area contributed by atoms with Crippen LogP contribution in [0.5, 0.6) is 0 Å². The largest absolute Gasteiger partial charge is 0.472 e. The fraction of sp³-hybridized carbons (Fsp3) is 0.571. The number of carbonyl (C=O) groups is 1. The molecular formula is C7H9NO2. The number of nitrogens with one attached hydrogen (secondary N) is 1. The molecule has 1 rings (SSSR count). The third kappa shape index (κ3) is 2.08. The van der Waals surface area contributed by atoms with Crippen molar-refractivity contribution in [1.29, 1.82) is 0 Å². The van der Waals surface area contributed by atoms with Gasteiger partial charge >= 0.3 is 5.97 Å². The van der Waals surface area contributed by atoms with Gasteiger partial charge in [-0.25, -0.2) is 4.79 Å². The van der Waals surface area contributed by atoms with Gasteiger partial charge in [-0.1, -0.05) is 5.92 Å². The molecule has 1 unspecified atom stereocenters. The maximum absolute atomic E-state index is 9.96. The van der Waals surface area contributed by atoms with E-state index in [0.717, 1.165) is 19.5 Å². The van der Waals surface area contributed by atoms with Crippen molar-refractivity contribution in [1.82, 2.24) is 5.32 Å².